The van der Waals surface area contributed by atoms with E-state index in [9.17, 15) is 8.42 Å². The molecule has 0 radical (unpaired) electrons. The fraction of sp³-hybridized carbons (Fsp3) is 0.417. The van der Waals surface area contributed by atoms with Gasteiger partial charge in [-0.2, -0.15) is 0 Å². The number of rotatable bonds is 1. The number of nitrogens with zero attached hydrogens (tertiary/aromatic N) is 1. The summed E-state index contributed by atoms with van der Waals surface area (Å²) in [7, 11) is -2.94. The number of hydrogen-bond donors (Lipinski definition) is 1. The molecule has 2 atom stereocenters. The van der Waals surface area contributed by atoms with Gasteiger partial charge in [0.25, 0.3) is 0 Å². The molecule has 2 saturated heterocycles. The van der Waals surface area contributed by atoms with E-state index in [1.54, 1.807) is 0 Å². The van der Waals surface area contributed by atoms with Crippen LogP contribution in [0, 0.1) is 12.3 Å². The number of nitrogens with one attached hydrogen (secondary N) is 1. The molecule has 3 rings (SSSR count). The molecule has 2 fully saturated rings. The maximum absolute atomic E-state index is 11.7. The van der Waals surface area contributed by atoms with Gasteiger partial charge in [-0.25, -0.2) is 8.42 Å². The minimum Gasteiger partial charge on any atom is -0.316 e. The lowest BCUT2D eigenvalue weighted by Gasteiger charge is -2.24. The Morgan fingerprint density at radius 2 is 2.17 bits per heavy atom. The molecule has 1 aromatic carbocycles. The molecule has 2 heterocycles. The van der Waals surface area contributed by atoms with Gasteiger partial charge in [0.05, 0.1) is 17.5 Å². The number of aryl methyl sites for hydroxylation is 1. The van der Waals surface area contributed by atoms with Crippen LogP contribution in [-0.4, -0.2) is 36.4 Å². The minimum atomic E-state index is -2.94. The van der Waals surface area contributed by atoms with E-state index in [0.717, 1.165) is 11.3 Å². The van der Waals surface area contributed by atoms with Gasteiger partial charge in [0.1, 0.15) is 0 Å². The molecule has 18 heavy (non-hydrogen) atoms. The van der Waals surface area contributed by atoms with Crippen LogP contribution in [0.2, 0.25) is 0 Å². The quantitative estimate of drug-likeness (QED) is 0.851. The first-order valence-corrected chi connectivity index (χ1v) is 8.48. The zero-order valence-corrected chi connectivity index (χ0v) is 11.6. The smallest absolute Gasteiger partial charge is 0.161 e. The monoisotopic (exact) mass is 282 g/mol. The Morgan fingerprint density at radius 3 is 2.89 bits per heavy atom. The first-order valence-electron chi connectivity index (χ1n) is 5.78. The molecule has 1 N–H and O–H groups in total. The van der Waals surface area contributed by atoms with Crippen molar-refractivity contribution in [1.29, 1.82) is 5.41 Å². The second-order valence-electron chi connectivity index (χ2n) is 4.81. The van der Waals surface area contributed by atoms with Gasteiger partial charge in [0.2, 0.25) is 0 Å². The maximum atomic E-state index is 11.7. The predicted octanol–water partition coefficient (Wildman–Crippen LogP) is 1.65. The van der Waals surface area contributed by atoms with Gasteiger partial charge >= 0.3 is 0 Å². The highest BCUT2D eigenvalue weighted by Crippen LogP contribution is 2.40. The van der Waals surface area contributed by atoms with Gasteiger partial charge in [0, 0.05) is 10.9 Å². The van der Waals surface area contributed by atoms with Gasteiger partial charge in [-0.3, -0.25) is 5.41 Å². The van der Waals surface area contributed by atoms with E-state index in [1.807, 2.05) is 36.1 Å². The molecule has 0 bridgehead atoms. The Balaban J connectivity index is 1.99. The summed E-state index contributed by atoms with van der Waals surface area (Å²) in [6.07, 6.45) is 0. The van der Waals surface area contributed by atoms with Gasteiger partial charge in [0.15, 0.2) is 15.0 Å². The zero-order valence-electron chi connectivity index (χ0n) is 9.96. The molecule has 2 aliphatic heterocycles. The van der Waals surface area contributed by atoms with Crippen molar-refractivity contribution >= 4 is 32.5 Å². The summed E-state index contributed by atoms with van der Waals surface area (Å²) in [6.45, 7) is 2.00. The fourth-order valence-corrected chi connectivity index (χ4v) is 6.38. The minimum absolute atomic E-state index is 0.0167. The van der Waals surface area contributed by atoms with Crippen LogP contribution in [0.1, 0.15) is 5.56 Å². The summed E-state index contributed by atoms with van der Waals surface area (Å²) < 4.78 is 23.4. The Hall–Kier alpha value is -1.01. The summed E-state index contributed by atoms with van der Waals surface area (Å²) >= 11 is 1.38. The molecule has 0 aliphatic carbocycles. The third kappa shape index (κ3) is 1.93. The van der Waals surface area contributed by atoms with E-state index >= 15 is 0 Å². The molecule has 0 unspecified atom stereocenters. The Morgan fingerprint density at radius 1 is 1.39 bits per heavy atom. The van der Waals surface area contributed by atoms with Gasteiger partial charge in [-0.1, -0.05) is 23.9 Å². The second kappa shape index (κ2) is 3.99. The largest absolute Gasteiger partial charge is 0.316 e. The van der Waals surface area contributed by atoms with Gasteiger partial charge in [-0.15, -0.1) is 0 Å². The number of sulfone groups is 1. The average molecular weight is 282 g/mol. The summed E-state index contributed by atoms with van der Waals surface area (Å²) in [5.41, 5.74) is 2.05. The van der Waals surface area contributed by atoms with Crippen molar-refractivity contribution < 1.29 is 8.42 Å². The number of fused-ring (bicyclic) bond motifs is 1. The first-order chi connectivity index (χ1) is 8.46. The molecule has 0 aromatic heterocycles. The van der Waals surface area contributed by atoms with Crippen molar-refractivity contribution in [3.05, 3.63) is 29.8 Å². The maximum Gasteiger partial charge on any atom is 0.161 e. The molecule has 1 aromatic rings. The Kier molecular flexibility index (Phi) is 2.67. The summed E-state index contributed by atoms with van der Waals surface area (Å²) in [5.74, 6) is 0.369. The number of benzene rings is 1. The van der Waals surface area contributed by atoms with Crippen LogP contribution < -0.4 is 4.90 Å². The third-order valence-corrected chi connectivity index (χ3v) is 6.50. The highest BCUT2D eigenvalue weighted by molar-refractivity contribution is 8.15. The van der Waals surface area contributed by atoms with Crippen molar-refractivity contribution in [2.24, 2.45) is 0 Å². The van der Waals surface area contributed by atoms with Crippen molar-refractivity contribution in [2.75, 3.05) is 16.4 Å². The van der Waals surface area contributed by atoms with Gasteiger partial charge in [-0.05, 0) is 24.6 Å². The molecule has 6 heteroatoms. The van der Waals surface area contributed by atoms with Crippen molar-refractivity contribution in [3.8, 4) is 0 Å². The van der Waals surface area contributed by atoms with E-state index in [0.29, 0.717) is 5.17 Å². The van der Waals surface area contributed by atoms with Crippen molar-refractivity contribution in [1.82, 2.24) is 0 Å². The molecule has 0 saturated carbocycles. The molecule has 96 valence electrons. The summed E-state index contributed by atoms with van der Waals surface area (Å²) in [5, 5.41) is 8.52. The lowest BCUT2D eigenvalue weighted by molar-refractivity contribution is 0.601. The molecule has 0 amide bonds. The number of thioether (sulfide) groups is 1. The number of anilines is 1. The van der Waals surface area contributed by atoms with Crippen LogP contribution in [0.25, 0.3) is 0 Å². The predicted molar refractivity (Wildman–Crippen MR) is 75.2 cm³/mol. The lowest BCUT2D eigenvalue weighted by Crippen LogP contribution is -2.37. The normalized spacial score (nSPS) is 29.6. The second-order valence-corrected chi connectivity index (χ2v) is 8.20. The van der Waals surface area contributed by atoms with E-state index in [1.165, 1.54) is 11.8 Å². The summed E-state index contributed by atoms with van der Waals surface area (Å²) in [6, 6.07) is 7.81. The van der Waals surface area contributed by atoms with Crippen molar-refractivity contribution in [2.45, 2.75) is 18.2 Å². The van der Waals surface area contributed by atoms with Crippen LogP contribution in [0.5, 0.6) is 0 Å². The number of hydrogen-bond acceptors (Lipinski definition) is 4. The zero-order chi connectivity index (χ0) is 12.9. The number of amidine groups is 1. The van der Waals surface area contributed by atoms with Crippen LogP contribution in [0.4, 0.5) is 5.69 Å². The van der Waals surface area contributed by atoms with Crippen LogP contribution in [-0.2, 0) is 9.84 Å². The molecule has 4 nitrogen and oxygen atoms in total. The fourth-order valence-electron chi connectivity index (χ4n) is 2.59. The highest BCUT2D eigenvalue weighted by Gasteiger charge is 2.48. The molecular weight excluding hydrogens is 268 g/mol. The highest BCUT2D eigenvalue weighted by atomic mass is 32.2. The standard InChI is InChI=1S/C12H14N2O2S2/c1-8-3-2-4-9(5-8)14-10-6-18(15,16)7-11(10)17-12(14)13/h2-5,10-11,13H,6-7H2,1H3/t10-,11-/m0/s1. The van der Waals surface area contributed by atoms with Crippen LogP contribution >= 0.6 is 11.8 Å². The van der Waals surface area contributed by atoms with Crippen LogP contribution in [0.3, 0.4) is 0 Å². The average Bonchev–Trinajstić information content (AvgIpc) is 2.68. The Labute approximate surface area is 111 Å². The lowest BCUT2D eigenvalue weighted by atomic mass is 10.1. The van der Waals surface area contributed by atoms with E-state index in [2.05, 4.69) is 0 Å². The van der Waals surface area contributed by atoms with E-state index in [-0.39, 0.29) is 22.8 Å². The summed E-state index contributed by atoms with van der Waals surface area (Å²) in [4.78, 5) is 1.87. The molecule has 2 aliphatic rings. The van der Waals surface area contributed by atoms with Crippen molar-refractivity contribution in [3.63, 3.8) is 0 Å². The van der Waals surface area contributed by atoms with Gasteiger partial charge < -0.3 is 4.90 Å². The molecule has 0 spiro atoms. The van der Waals surface area contributed by atoms with E-state index in [4.69, 9.17) is 5.41 Å². The van der Waals surface area contributed by atoms with Crippen LogP contribution in [0.15, 0.2) is 24.3 Å². The third-order valence-electron chi connectivity index (χ3n) is 3.37. The SMILES string of the molecule is Cc1cccc(N2C(=N)S[C@H]3CS(=O)(=O)C[C@@H]32)c1. The van der Waals surface area contributed by atoms with E-state index < -0.39 is 9.84 Å². The molecular formula is C12H14N2O2S2. The topological polar surface area (TPSA) is 61.2 Å². The Bertz CT molecular complexity index is 612. The first kappa shape index (κ1) is 12.0.